The minimum absolute atomic E-state index is 0. The number of morpholine rings is 1. The van der Waals surface area contributed by atoms with Crippen LogP contribution in [0.3, 0.4) is 0 Å². The molecule has 2 rings (SSSR count). The number of ether oxygens (including phenoxy) is 1. The van der Waals surface area contributed by atoms with Crippen molar-refractivity contribution in [3.05, 3.63) is 0 Å². The topological polar surface area (TPSA) is 62.4 Å². The van der Waals surface area contributed by atoms with Crippen molar-refractivity contribution in [1.82, 2.24) is 16.0 Å². The number of carbonyl (C=O) groups excluding carboxylic acids is 1. The van der Waals surface area contributed by atoms with Gasteiger partial charge in [0.25, 0.3) is 0 Å². The molecule has 0 aromatic carbocycles. The van der Waals surface area contributed by atoms with Gasteiger partial charge < -0.3 is 20.7 Å². The van der Waals surface area contributed by atoms with Gasteiger partial charge in [0.05, 0.1) is 13.2 Å². The van der Waals surface area contributed by atoms with Gasteiger partial charge in [-0.15, -0.1) is 12.4 Å². The second-order valence-corrected chi connectivity index (χ2v) is 3.78. The minimum atomic E-state index is -0.163. The highest BCUT2D eigenvalue weighted by Crippen LogP contribution is 1.99. The van der Waals surface area contributed by atoms with Crippen molar-refractivity contribution in [2.24, 2.45) is 0 Å². The Labute approximate surface area is 95.7 Å². The van der Waals surface area contributed by atoms with E-state index in [2.05, 4.69) is 16.0 Å². The molecule has 2 fully saturated rings. The van der Waals surface area contributed by atoms with E-state index < -0.39 is 0 Å². The molecule has 5 nitrogen and oxygen atoms in total. The number of amides is 1. The van der Waals surface area contributed by atoms with Crippen LogP contribution >= 0.6 is 12.4 Å². The smallest absolute Gasteiger partial charge is 0.239 e. The Hall–Kier alpha value is -0.360. The summed E-state index contributed by atoms with van der Waals surface area (Å²) in [6.45, 7) is 3.85. The molecule has 0 aromatic heterocycles. The van der Waals surface area contributed by atoms with Gasteiger partial charge in [-0.2, -0.15) is 0 Å². The quantitative estimate of drug-likeness (QED) is 0.567. The van der Waals surface area contributed by atoms with E-state index in [-0.39, 0.29) is 24.4 Å². The molecule has 6 heteroatoms. The molecule has 1 amide bonds. The van der Waals surface area contributed by atoms with Gasteiger partial charge in [0, 0.05) is 19.1 Å². The normalized spacial score (nSPS) is 30.7. The van der Waals surface area contributed by atoms with E-state index in [1.807, 2.05) is 0 Å². The molecule has 2 aliphatic rings. The van der Waals surface area contributed by atoms with E-state index in [4.69, 9.17) is 4.74 Å². The van der Waals surface area contributed by atoms with Crippen molar-refractivity contribution < 1.29 is 9.53 Å². The number of halogens is 1. The average Bonchev–Trinajstić information content (AvgIpc) is 2.72. The molecular weight excluding hydrogens is 218 g/mol. The lowest BCUT2D eigenvalue weighted by Crippen LogP contribution is -2.53. The minimum Gasteiger partial charge on any atom is -0.378 e. The van der Waals surface area contributed by atoms with Crippen molar-refractivity contribution in [3.63, 3.8) is 0 Å². The van der Waals surface area contributed by atoms with Crippen molar-refractivity contribution in [3.8, 4) is 0 Å². The average molecular weight is 236 g/mol. The van der Waals surface area contributed by atoms with E-state index in [1.54, 1.807) is 0 Å². The highest BCUT2D eigenvalue weighted by atomic mass is 35.5. The summed E-state index contributed by atoms with van der Waals surface area (Å²) in [4.78, 5) is 11.7. The maximum Gasteiger partial charge on any atom is 0.239 e. The number of hydrogen-bond acceptors (Lipinski definition) is 4. The Bertz CT molecular complexity index is 204. The highest BCUT2D eigenvalue weighted by Gasteiger charge is 2.24. The van der Waals surface area contributed by atoms with Gasteiger partial charge in [0.2, 0.25) is 5.91 Å². The van der Waals surface area contributed by atoms with E-state index in [0.29, 0.717) is 19.3 Å². The van der Waals surface area contributed by atoms with Crippen LogP contribution in [-0.2, 0) is 9.53 Å². The molecule has 3 N–H and O–H groups in total. The van der Waals surface area contributed by atoms with Crippen molar-refractivity contribution in [1.29, 1.82) is 0 Å². The molecule has 15 heavy (non-hydrogen) atoms. The number of hydrogen-bond donors (Lipinski definition) is 3. The van der Waals surface area contributed by atoms with Crippen LogP contribution in [0.2, 0.25) is 0 Å². The zero-order valence-corrected chi connectivity index (χ0v) is 9.44. The van der Waals surface area contributed by atoms with Crippen LogP contribution in [-0.4, -0.2) is 50.8 Å². The molecule has 0 radical (unpaired) electrons. The molecule has 2 atom stereocenters. The third-order valence-electron chi connectivity index (χ3n) is 2.64. The SMILES string of the molecule is Cl.O=C(NC1CCNC1)[C@H]1COCCN1. The molecule has 2 saturated heterocycles. The van der Waals surface area contributed by atoms with Crippen molar-refractivity contribution in [2.45, 2.75) is 18.5 Å². The van der Waals surface area contributed by atoms with Gasteiger partial charge in [-0.3, -0.25) is 4.79 Å². The molecule has 0 saturated carbocycles. The van der Waals surface area contributed by atoms with E-state index >= 15 is 0 Å². The van der Waals surface area contributed by atoms with Crippen LogP contribution in [0.25, 0.3) is 0 Å². The Morgan fingerprint density at radius 2 is 2.27 bits per heavy atom. The van der Waals surface area contributed by atoms with Crippen LogP contribution in [0.1, 0.15) is 6.42 Å². The first kappa shape index (κ1) is 12.7. The molecule has 0 bridgehead atoms. The summed E-state index contributed by atoms with van der Waals surface area (Å²) in [6, 6.07) is 0.135. The summed E-state index contributed by atoms with van der Waals surface area (Å²) in [5.41, 5.74) is 0. The number of carbonyl (C=O) groups is 1. The number of nitrogens with one attached hydrogen (secondary N) is 3. The fourth-order valence-corrected chi connectivity index (χ4v) is 1.81. The molecule has 88 valence electrons. The fraction of sp³-hybridized carbons (Fsp3) is 0.889. The van der Waals surface area contributed by atoms with Crippen LogP contribution in [0.15, 0.2) is 0 Å². The monoisotopic (exact) mass is 235 g/mol. The summed E-state index contributed by atoms with van der Waals surface area (Å²) in [6.07, 6.45) is 1.03. The predicted octanol–water partition coefficient (Wildman–Crippen LogP) is -1.13. The van der Waals surface area contributed by atoms with Gasteiger partial charge in [-0.1, -0.05) is 0 Å². The largest absolute Gasteiger partial charge is 0.378 e. The van der Waals surface area contributed by atoms with Gasteiger partial charge >= 0.3 is 0 Å². The summed E-state index contributed by atoms with van der Waals surface area (Å²) < 4.78 is 5.23. The summed E-state index contributed by atoms with van der Waals surface area (Å²) in [7, 11) is 0. The van der Waals surface area contributed by atoms with Gasteiger partial charge in [0.1, 0.15) is 6.04 Å². The highest BCUT2D eigenvalue weighted by molar-refractivity contribution is 5.85. The lowest BCUT2D eigenvalue weighted by Gasteiger charge is -2.24. The first-order valence-corrected chi connectivity index (χ1v) is 5.18. The van der Waals surface area contributed by atoms with E-state index in [9.17, 15) is 4.79 Å². The maximum atomic E-state index is 11.7. The Morgan fingerprint density at radius 1 is 1.40 bits per heavy atom. The third kappa shape index (κ3) is 3.61. The maximum absolute atomic E-state index is 11.7. The lowest BCUT2D eigenvalue weighted by atomic mass is 10.2. The van der Waals surface area contributed by atoms with E-state index in [1.165, 1.54) is 0 Å². The second kappa shape index (κ2) is 6.27. The molecule has 1 unspecified atom stereocenters. The van der Waals surface area contributed by atoms with Crippen LogP contribution in [0.4, 0.5) is 0 Å². The first-order valence-electron chi connectivity index (χ1n) is 5.18. The van der Waals surface area contributed by atoms with Crippen molar-refractivity contribution in [2.75, 3.05) is 32.8 Å². The molecule has 2 aliphatic heterocycles. The molecule has 0 aliphatic carbocycles. The van der Waals surface area contributed by atoms with Gasteiger partial charge in [-0.05, 0) is 13.0 Å². The van der Waals surface area contributed by atoms with Crippen LogP contribution in [0, 0.1) is 0 Å². The Morgan fingerprint density at radius 3 is 2.87 bits per heavy atom. The predicted molar refractivity (Wildman–Crippen MR) is 59.3 cm³/mol. The van der Waals surface area contributed by atoms with Gasteiger partial charge in [-0.25, -0.2) is 0 Å². The second-order valence-electron chi connectivity index (χ2n) is 3.78. The molecule has 0 spiro atoms. The summed E-state index contributed by atoms with van der Waals surface area (Å²) >= 11 is 0. The van der Waals surface area contributed by atoms with E-state index in [0.717, 1.165) is 26.1 Å². The summed E-state index contributed by atoms with van der Waals surface area (Å²) in [5, 5.41) is 9.35. The Balaban J connectivity index is 0.00000112. The fourth-order valence-electron chi connectivity index (χ4n) is 1.81. The first-order chi connectivity index (χ1) is 6.86. The third-order valence-corrected chi connectivity index (χ3v) is 2.64. The zero-order valence-electron chi connectivity index (χ0n) is 8.62. The van der Waals surface area contributed by atoms with Crippen LogP contribution < -0.4 is 16.0 Å². The van der Waals surface area contributed by atoms with Gasteiger partial charge in [0.15, 0.2) is 0 Å². The van der Waals surface area contributed by atoms with Crippen molar-refractivity contribution >= 4 is 18.3 Å². The molecule has 2 heterocycles. The zero-order chi connectivity index (χ0) is 9.80. The summed E-state index contributed by atoms with van der Waals surface area (Å²) in [5.74, 6) is 0.0680. The Kier molecular flexibility index (Phi) is 5.31. The molecule has 0 aromatic rings. The molecular formula is C9H18ClN3O2. The standard InChI is InChI=1S/C9H17N3O2.ClH/c13-9(8-6-14-4-3-11-8)12-7-1-2-10-5-7;/h7-8,10-11H,1-6H2,(H,12,13);1H/t7?,8-;/m1./s1. The number of rotatable bonds is 2. The lowest BCUT2D eigenvalue weighted by molar-refractivity contribution is -0.126. The van der Waals surface area contributed by atoms with Crippen LogP contribution in [0.5, 0.6) is 0 Å².